The molecule has 4 heteroatoms. The van der Waals surface area contributed by atoms with Crippen molar-refractivity contribution in [2.24, 2.45) is 0 Å². The van der Waals surface area contributed by atoms with Crippen LogP contribution in [0.25, 0.3) is 0 Å². The maximum Gasteiger partial charge on any atom is 0.306 e. The van der Waals surface area contributed by atoms with Crippen molar-refractivity contribution >= 4 is 11.9 Å². The minimum absolute atomic E-state index is 0.0552. The molecule has 0 aromatic rings. The average molecular weight is 599 g/mol. The first kappa shape index (κ1) is 40.6. The van der Waals surface area contributed by atoms with Crippen molar-refractivity contribution in [1.29, 1.82) is 0 Å². The summed E-state index contributed by atoms with van der Waals surface area (Å²) in [6.07, 6.45) is 46.6. The van der Waals surface area contributed by atoms with Crippen LogP contribution in [-0.2, 0) is 14.3 Å². The highest BCUT2D eigenvalue weighted by molar-refractivity contribution is 5.69. The zero-order chi connectivity index (χ0) is 31.5. The third-order valence-corrected chi connectivity index (χ3v) is 7.50. The largest absolute Gasteiger partial charge is 0.481 e. The molecule has 0 amide bonds. The van der Waals surface area contributed by atoms with E-state index in [1.807, 2.05) is 0 Å². The maximum absolute atomic E-state index is 12.5. The van der Waals surface area contributed by atoms with Gasteiger partial charge in [-0.25, -0.2) is 0 Å². The highest BCUT2D eigenvalue weighted by Crippen LogP contribution is 2.18. The van der Waals surface area contributed by atoms with Crippen LogP contribution < -0.4 is 0 Å². The molecule has 0 aromatic heterocycles. The lowest BCUT2D eigenvalue weighted by atomic mass is 10.0. The van der Waals surface area contributed by atoms with Gasteiger partial charge < -0.3 is 9.84 Å². The fourth-order valence-corrected chi connectivity index (χ4v) is 4.91. The molecule has 0 fully saturated rings. The molecule has 0 aliphatic carbocycles. The Labute approximate surface area is 265 Å². The Bertz CT molecular complexity index is 774. The molecule has 0 aliphatic rings. The Morgan fingerprint density at radius 2 is 0.977 bits per heavy atom. The zero-order valence-electron chi connectivity index (χ0n) is 28.0. The van der Waals surface area contributed by atoms with Gasteiger partial charge in [-0.2, -0.15) is 0 Å². The predicted molar refractivity (Wildman–Crippen MR) is 185 cm³/mol. The molecule has 0 aliphatic heterocycles. The van der Waals surface area contributed by atoms with Gasteiger partial charge in [0.1, 0.15) is 6.10 Å². The van der Waals surface area contributed by atoms with Crippen LogP contribution in [0.4, 0.5) is 0 Å². The first-order valence-electron chi connectivity index (χ1n) is 17.8. The Balaban J connectivity index is 3.87. The third-order valence-electron chi connectivity index (χ3n) is 7.50. The van der Waals surface area contributed by atoms with Gasteiger partial charge in [0.05, 0.1) is 0 Å². The van der Waals surface area contributed by atoms with Gasteiger partial charge in [-0.3, -0.25) is 9.59 Å². The molecule has 43 heavy (non-hydrogen) atoms. The monoisotopic (exact) mass is 598 g/mol. The number of carboxylic acids is 1. The molecule has 0 saturated heterocycles. The predicted octanol–water partition coefficient (Wildman–Crippen LogP) is 12.2. The number of carbonyl (C=O) groups excluding carboxylic acids is 1. The third kappa shape index (κ3) is 34.0. The van der Waals surface area contributed by atoms with Crippen molar-refractivity contribution in [2.45, 2.75) is 174 Å². The molecule has 4 nitrogen and oxygen atoms in total. The van der Waals surface area contributed by atoms with Gasteiger partial charge in [-0.05, 0) is 83.5 Å². The van der Waals surface area contributed by atoms with E-state index in [1.165, 1.54) is 51.4 Å². The van der Waals surface area contributed by atoms with Gasteiger partial charge in [0.15, 0.2) is 0 Å². The molecule has 0 rings (SSSR count). The number of allylic oxidation sites excluding steroid dienone is 10. The van der Waals surface area contributed by atoms with Crippen molar-refractivity contribution in [3.05, 3.63) is 60.8 Å². The molecule has 0 saturated carbocycles. The zero-order valence-corrected chi connectivity index (χ0v) is 28.0. The van der Waals surface area contributed by atoms with E-state index < -0.39 is 5.97 Å². The second kappa shape index (κ2) is 34.1. The Morgan fingerprint density at radius 1 is 0.535 bits per heavy atom. The van der Waals surface area contributed by atoms with Crippen LogP contribution in [0.5, 0.6) is 0 Å². The number of aliphatic carboxylic acids is 1. The van der Waals surface area contributed by atoms with Gasteiger partial charge in [0, 0.05) is 12.8 Å². The summed E-state index contributed by atoms with van der Waals surface area (Å²) in [6.45, 7) is 4.39. The second-order valence-electron chi connectivity index (χ2n) is 11.7. The van der Waals surface area contributed by atoms with Crippen LogP contribution in [0.2, 0.25) is 0 Å². The van der Waals surface area contributed by atoms with E-state index in [0.717, 1.165) is 83.5 Å². The van der Waals surface area contributed by atoms with Gasteiger partial charge in [0.2, 0.25) is 0 Å². The standard InChI is InChI=1S/C39H66O4/c1-3-5-7-9-11-12-13-14-15-16-17-18-19-20-21-22-23-24-26-28-30-36-39(42)43-37(34-31-32-35-38(40)41)33-29-27-25-10-8-6-4-2/h5,7,11-12,14-15,17-18,20-21,37H,3-4,6,8-10,13,16,19,22-36H2,1-2H3,(H,40,41)/b7-5-,12-11-,15-14-,18-17-,21-20-. The fraction of sp³-hybridized carbons (Fsp3) is 0.692. The Kier molecular flexibility index (Phi) is 32.3. The van der Waals surface area contributed by atoms with Crippen molar-refractivity contribution in [2.75, 3.05) is 0 Å². The average Bonchev–Trinajstić information content (AvgIpc) is 2.99. The van der Waals surface area contributed by atoms with Crippen LogP contribution in [0, 0.1) is 0 Å². The van der Waals surface area contributed by atoms with E-state index in [0.29, 0.717) is 12.8 Å². The van der Waals surface area contributed by atoms with Crippen LogP contribution in [0.1, 0.15) is 168 Å². The van der Waals surface area contributed by atoms with Crippen LogP contribution in [-0.4, -0.2) is 23.1 Å². The smallest absolute Gasteiger partial charge is 0.306 e. The molecular weight excluding hydrogens is 532 g/mol. The SMILES string of the molecule is CC/C=C\C/C=C\C/C=C\C/C=C\C/C=C\CCCCCCCC(=O)OC(CCCCCCCCC)CCCCC(=O)O. The number of hydrogen-bond donors (Lipinski definition) is 1. The van der Waals surface area contributed by atoms with Crippen molar-refractivity contribution in [1.82, 2.24) is 0 Å². The molecule has 0 aromatic carbocycles. The summed E-state index contributed by atoms with van der Waals surface area (Å²) in [5.41, 5.74) is 0. The summed E-state index contributed by atoms with van der Waals surface area (Å²) < 4.78 is 5.84. The summed E-state index contributed by atoms with van der Waals surface area (Å²) in [4.78, 5) is 23.3. The number of unbranched alkanes of at least 4 members (excludes halogenated alkanes) is 12. The lowest BCUT2D eigenvalue weighted by Gasteiger charge is -2.18. The van der Waals surface area contributed by atoms with Gasteiger partial charge in [0.25, 0.3) is 0 Å². The molecule has 1 atom stereocenters. The quantitative estimate of drug-likeness (QED) is 0.0490. The second-order valence-corrected chi connectivity index (χ2v) is 11.7. The first-order chi connectivity index (χ1) is 21.1. The molecule has 1 unspecified atom stereocenters. The molecule has 0 radical (unpaired) electrons. The number of esters is 1. The molecule has 0 bridgehead atoms. The summed E-state index contributed by atoms with van der Waals surface area (Å²) >= 11 is 0. The highest BCUT2D eigenvalue weighted by Gasteiger charge is 2.14. The summed E-state index contributed by atoms with van der Waals surface area (Å²) in [5, 5.41) is 8.89. The van der Waals surface area contributed by atoms with E-state index in [4.69, 9.17) is 9.84 Å². The van der Waals surface area contributed by atoms with E-state index in [2.05, 4.69) is 74.6 Å². The van der Waals surface area contributed by atoms with Crippen LogP contribution >= 0.6 is 0 Å². The van der Waals surface area contributed by atoms with Crippen molar-refractivity contribution in [3.8, 4) is 0 Å². The van der Waals surface area contributed by atoms with Crippen LogP contribution in [0.15, 0.2) is 60.8 Å². The van der Waals surface area contributed by atoms with E-state index in [-0.39, 0.29) is 18.5 Å². The lowest BCUT2D eigenvalue weighted by molar-refractivity contribution is -0.150. The van der Waals surface area contributed by atoms with Crippen LogP contribution in [0.3, 0.4) is 0 Å². The topological polar surface area (TPSA) is 63.6 Å². The maximum atomic E-state index is 12.5. The lowest BCUT2D eigenvalue weighted by Crippen LogP contribution is -2.18. The number of carboxylic acid groups (broad SMARTS) is 1. The number of ether oxygens (including phenoxy) is 1. The summed E-state index contributed by atoms with van der Waals surface area (Å²) in [6, 6.07) is 0. The van der Waals surface area contributed by atoms with Gasteiger partial charge in [-0.15, -0.1) is 0 Å². The summed E-state index contributed by atoms with van der Waals surface area (Å²) in [5.74, 6) is -0.830. The molecule has 0 spiro atoms. The Morgan fingerprint density at radius 3 is 1.53 bits per heavy atom. The molecule has 1 N–H and O–H groups in total. The van der Waals surface area contributed by atoms with Gasteiger partial charge in [-0.1, -0.05) is 132 Å². The Hall–Kier alpha value is -2.36. The van der Waals surface area contributed by atoms with Gasteiger partial charge >= 0.3 is 11.9 Å². The van der Waals surface area contributed by atoms with E-state index in [9.17, 15) is 9.59 Å². The summed E-state index contributed by atoms with van der Waals surface area (Å²) in [7, 11) is 0. The minimum Gasteiger partial charge on any atom is -0.481 e. The number of hydrogen-bond acceptors (Lipinski definition) is 3. The molecular formula is C39H66O4. The normalized spacial score (nSPS) is 13.0. The first-order valence-corrected chi connectivity index (χ1v) is 17.8. The van der Waals surface area contributed by atoms with E-state index in [1.54, 1.807) is 0 Å². The number of rotatable bonds is 31. The van der Waals surface area contributed by atoms with Crippen molar-refractivity contribution in [3.63, 3.8) is 0 Å². The molecule has 0 heterocycles. The number of carbonyl (C=O) groups is 2. The fourth-order valence-electron chi connectivity index (χ4n) is 4.91. The van der Waals surface area contributed by atoms with Crippen molar-refractivity contribution < 1.29 is 19.4 Å². The highest BCUT2D eigenvalue weighted by atomic mass is 16.5. The van der Waals surface area contributed by atoms with E-state index >= 15 is 0 Å². The molecule has 246 valence electrons. The minimum atomic E-state index is -0.751.